The first-order chi connectivity index (χ1) is 8.89. The van der Waals surface area contributed by atoms with Crippen LogP contribution in [0.1, 0.15) is 47.0 Å². The van der Waals surface area contributed by atoms with Crippen LogP contribution in [0.15, 0.2) is 23.0 Å². The number of ether oxygens (including phenoxy) is 1. The van der Waals surface area contributed by atoms with Gasteiger partial charge in [-0.05, 0) is 0 Å². The zero-order valence-corrected chi connectivity index (χ0v) is 13.7. The number of nitrogens with zero attached hydrogens (tertiary/aromatic N) is 1. The topological polar surface area (TPSA) is 21.7 Å². The molecule has 1 aliphatic heterocycles. The van der Waals surface area contributed by atoms with Gasteiger partial charge in [0.1, 0.15) is 0 Å². The molecule has 2 aliphatic rings. The Morgan fingerprint density at radius 1 is 1.47 bits per heavy atom. The number of hydrogen-bond acceptors (Lipinski definition) is 3. The molecule has 1 aliphatic carbocycles. The minimum absolute atomic E-state index is 0.191. The van der Waals surface area contributed by atoms with Crippen molar-refractivity contribution < 1.29 is 25.4 Å². The first-order valence-corrected chi connectivity index (χ1v) is 7.53. The van der Waals surface area contributed by atoms with Gasteiger partial charge in [-0.3, -0.25) is 0 Å². The van der Waals surface area contributed by atoms with Crippen LogP contribution in [-0.4, -0.2) is 28.3 Å². The zero-order chi connectivity index (χ0) is 14.2. The molecular weight excluding hydrogens is 278 g/mol. The second kappa shape index (κ2) is 5.54. The number of methoxy groups -OCH3 is 1. The van der Waals surface area contributed by atoms with Gasteiger partial charge in [-0.15, -0.1) is 0 Å². The number of hydroxylamine groups is 2. The van der Waals surface area contributed by atoms with E-state index in [1.165, 1.54) is 12.0 Å². The third-order valence-corrected chi connectivity index (χ3v) is 4.35. The monoisotopic (exact) mass is 301 g/mol. The van der Waals surface area contributed by atoms with Gasteiger partial charge in [0.15, 0.2) is 0 Å². The predicted molar refractivity (Wildman–Crippen MR) is 73.1 cm³/mol. The second-order valence-corrected chi connectivity index (χ2v) is 6.47. The fourth-order valence-electron chi connectivity index (χ4n) is 2.94. The summed E-state index contributed by atoms with van der Waals surface area (Å²) in [6.07, 6.45) is 5.75. The average Bonchev–Trinajstić information content (AvgIpc) is 2.93. The van der Waals surface area contributed by atoms with Crippen molar-refractivity contribution in [2.45, 2.75) is 58.5 Å². The van der Waals surface area contributed by atoms with Gasteiger partial charge in [-0.1, -0.05) is 0 Å². The van der Waals surface area contributed by atoms with Crippen LogP contribution >= 0.6 is 0 Å². The maximum absolute atomic E-state index is 6.18. The molecule has 0 aromatic carbocycles. The fraction of sp³-hybridized carbons (Fsp3) is 0.667. The molecule has 0 aromatic rings. The van der Waals surface area contributed by atoms with Gasteiger partial charge in [0.05, 0.1) is 0 Å². The Balaban J connectivity index is 2.47. The minimum atomic E-state index is -0.191. The molecule has 0 saturated carbocycles. The van der Waals surface area contributed by atoms with E-state index in [4.69, 9.17) is 9.57 Å². The summed E-state index contributed by atoms with van der Waals surface area (Å²) in [6.45, 7) is 8.66. The summed E-state index contributed by atoms with van der Waals surface area (Å²) in [7, 11) is 1.70. The third-order valence-electron chi connectivity index (χ3n) is 3.77. The molecule has 0 spiro atoms. The summed E-state index contributed by atoms with van der Waals surface area (Å²) < 4.78 is 6.29. The molecule has 0 radical (unpaired) electrons. The standard InChI is InChI=1S/C15H23NO2.Cr/c1-11(2)16-15(3,4)13(10-17-5)14(18-16)12-8-6-7-9-12;/h8,11H,6-7,9H2,1-5H3;. The van der Waals surface area contributed by atoms with E-state index in [0.29, 0.717) is 6.04 Å². The van der Waals surface area contributed by atoms with Crippen molar-refractivity contribution in [3.8, 4) is 0 Å². The van der Waals surface area contributed by atoms with Crippen LogP contribution in [0.4, 0.5) is 0 Å². The SMILES string of the molecule is CO[C](=[Cr])C1=C(C2=CCCC2)ON(C(C)C)C1(C)C. The molecule has 0 unspecified atom stereocenters. The maximum atomic E-state index is 6.18. The van der Waals surface area contributed by atoms with Crippen LogP contribution in [0.2, 0.25) is 0 Å². The predicted octanol–water partition coefficient (Wildman–Crippen LogP) is 3.11. The van der Waals surface area contributed by atoms with Crippen LogP contribution in [0.5, 0.6) is 0 Å². The third kappa shape index (κ3) is 2.60. The Bertz CT molecular complexity index is 449. The van der Waals surface area contributed by atoms with Crippen molar-refractivity contribution in [3.63, 3.8) is 0 Å². The van der Waals surface area contributed by atoms with Gasteiger partial charge in [-0.2, -0.15) is 0 Å². The fourth-order valence-corrected chi connectivity index (χ4v) is 3.47. The molecule has 0 amide bonds. The van der Waals surface area contributed by atoms with Crippen LogP contribution in [0.25, 0.3) is 0 Å². The molecule has 106 valence electrons. The summed E-state index contributed by atoms with van der Waals surface area (Å²) in [5, 5.41) is 2.06. The van der Waals surface area contributed by atoms with Crippen molar-refractivity contribution in [2.75, 3.05) is 7.11 Å². The molecule has 19 heavy (non-hydrogen) atoms. The molecule has 0 atom stereocenters. The molecule has 0 aromatic heterocycles. The zero-order valence-electron chi connectivity index (χ0n) is 12.4. The Morgan fingerprint density at radius 2 is 2.16 bits per heavy atom. The van der Waals surface area contributed by atoms with Gasteiger partial charge in [0.2, 0.25) is 0 Å². The van der Waals surface area contributed by atoms with Crippen molar-refractivity contribution in [1.82, 2.24) is 5.06 Å². The van der Waals surface area contributed by atoms with Crippen molar-refractivity contribution in [3.05, 3.63) is 23.0 Å². The Labute approximate surface area is 124 Å². The van der Waals surface area contributed by atoms with Gasteiger partial charge < -0.3 is 0 Å². The number of rotatable bonds is 4. The summed E-state index contributed by atoms with van der Waals surface area (Å²) in [5.74, 6) is 0.992. The molecule has 0 fully saturated rings. The molecule has 0 N–H and O–H groups in total. The number of allylic oxidation sites excluding steroid dienone is 2. The summed E-state index contributed by atoms with van der Waals surface area (Å²) >= 11 is 3.04. The van der Waals surface area contributed by atoms with E-state index >= 15 is 0 Å². The average molecular weight is 301 g/mol. The van der Waals surface area contributed by atoms with Crippen LogP contribution in [0.3, 0.4) is 0 Å². The normalized spacial score (nSPS) is 22.9. The molecular formula is C15H23CrNO2. The van der Waals surface area contributed by atoms with Gasteiger partial charge in [-0.25, -0.2) is 0 Å². The number of hydrogen-bond donors (Lipinski definition) is 0. The second-order valence-electron chi connectivity index (χ2n) is 5.89. The molecule has 3 nitrogen and oxygen atoms in total. The first kappa shape index (κ1) is 15.0. The van der Waals surface area contributed by atoms with E-state index in [2.05, 4.69) is 54.7 Å². The first-order valence-electron chi connectivity index (χ1n) is 6.89. The van der Waals surface area contributed by atoms with Crippen molar-refractivity contribution in [1.29, 1.82) is 0 Å². The van der Waals surface area contributed by atoms with E-state index < -0.39 is 0 Å². The molecule has 0 bridgehead atoms. The molecule has 2 rings (SSSR count). The van der Waals surface area contributed by atoms with Gasteiger partial charge in [0.25, 0.3) is 0 Å². The Morgan fingerprint density at radius 3 is 2.63 bits per heavy atom. The van der Waals surface area contributed by atoms with Crippen molar-refractivity contribution >= 4 is 4.57 Å². The molecule has 1 heterocycles. The van der Waals surface area contributed by atoms with Gasteiger partial charge >= 0.3 is 124 Å². The van der Waals surface area contributed by atoms with Crippen LogP contribution in [-0.2, 0) is 25.4 Å². The summed E-state index contributed by atoms with van der Waals surface area (Å²) in [6, 6.07) is 0.314. The molecule has 0 saturated heterocycles. The Hall–Kier alpha value is -0.398. The summed E-state index contributed by atoms with van der Waals surface area (Å²) in [4.78, 5) is 6.18. The van der Waals surface area contributed by atoms with E-state index in [9.17, 15) is 0 Å². The van der Waals surface area contributed by atoms with Crippen molar-refractivity contribution in [2.24, 2.45) is 0 Å². The van der Waals surface area contributed by atoms with Crippen LogP contribution in [0, 0.1) is 0 Å². The summed E-state index contributed by atoms with van der Waals surface area (Å²) in [5.41, 5.74) is 2.26. The van der Waals surface area contributed by atoms with Gasteiger partial charge in [0, 0.05) is 0 Å². The van der Waals surface area contributed by atoms with E-state index in [-0.39, 0.29) is 5.54 Å². The van der Waals surface area contributed by atoms with Crippen LogP contribution < -0.4 is 0 Å². The quantitative estimate of drug-likeness (QED) is 0.796. The van der Waals surface area contributed by atoms with E-state index in [1.807, 2.05) is 0 Å². The molecule has 4 heteroatoms. The Kier molecular flexibility index (Phi) is 4.37. The van der Waals surface area contributed by atoms with E-state index in [1.54, 1.807) is 7.11 Å². The van der Waals surface area contributed by atoms with E-state index in [0.717, 1.165) is 28.7 Å².